The molecule has 2 nitrogen and oxygen atoms in total. The number of methoxy groups -OCH3 is 1. The largest absolute Gasteiger partial charge is 0.377 e. The molecule has 2 aliphatic rings. The lowest BCUT2D eigenvalue weighted by atomic mass is 9.98. The van der Waals surface area contributed by atoms with Crippen LogP contribution in [0.1, 0.15) is 32.1 Å². The quantitative estimate of drug-likeness (QED) is 0.623. The fraction of sp³-hybridized carbons (Fsp3) is 0.818. The van der Waals surface area contributed by atoms with Crippen LogP contribution in [0.3, 0.4) is 0 Å². The predicted molar refractivity (Wildman–Crippen MR) is 53.8 cm³/mol. The molecule has 2 heteroatoms. The molecule has 0 spiro atoms. The molecule has 0 aromatic heterocycles. The van der Waals surface area contributed by atoms with E-state index in [0.717, 1.165) is 6.54 Å². The molecule has 0 aromatic carbocycles. The van der Waals surface area contributed by atoms with Crippen LogP contribution < -0.4 is 5.32 Å². The molecular formula is C11H19NO. The molecule has 1 saturated heterocycles. The van der Waals surface area contributed by atoms with Crippen LogP contribution in [0.2, 0.25) is 0 Å². The summed E-state index contributed by atoms with van der Waals surface area (Å²) in [6.45, 7) is 2.30. The van der Waals surface area contributed by atoms with Crippen LogP contribution in [0.4, 0.5) is 0 Å². The van der Waals surface area contributed by atoms with E-state index in [2.05, 4.69) is 5.32 Å². The molecular weight excluding hydrogens is 162 g/mol. The van der Waals surface area contributed by atoms with Gasteiger partial charge in [-0.15, -0.1) is 0 Å². The molecule has 13 heavy (non-hydrogen) atoms. The highest BCUT2D eigenvalue weighted by molar-refractivity contribution is 5.24. The monoisotopic (exact) mass is 181 g/mol. The topological polar surface area (TPSA) is 21.3 Å². The molecule has 1 heterocycles. The minimum absolute atomic E-state index is 0.440. The summed E-state index contributed by atoms with van der Waals surface area (Å²) in [5.41, 5.74) is 3.24. The summed E-state index contributed by atoms with van der Waals surface area (Å²) in [4.78, 5) is 0. The number of hydrogen-bond acceptors (Lipinski definition) is 2. The van der Waals surface area contributed by atoms with Crippen LogP contribution >= 0.6 is 0 Å². The Morgan fingerprint density at radius 1 is 1.31 bits per heavy atom. The zero-order valence-corrected chi connectivity index (χ0v) is 8.44. The van der Waals surface area contributed by atoms with Crippen LogP contribution in [-0.2, 0) is 4.74 Å². The highest BCUT2D eigenvalue weighted by Crippen LogP contribution is 2.31. The van der Waals surface area contributed by atoms with E-state index in [1.165, 1.54) is 38.6 Å². The van der Waals surface area contributed by atoms with Gasteiger partial charge in [0.1, 0.15) is 0 Å². The maximum Gasteiger partial charge on any atom is 0.0784 e. The molecule has 2 rings (SSSR count). The van der Waals surface area contributed by atoms with Gasteiger partial charge in [0, 0.05) is 13.7 Å². The van der Waals surface area contributed by atoms with E-state index < -0.39 is 0 Å². The Morgan fingerprint density at radius 3 is 2.92 bits per heavy atom. The van der Waals surface area contributed by atoms with E-state index in [0.29, 0.717) is 6.10 Å². The first-order chi connectivity index (χ1) is 6.42. The van der Waals surface area contributed by atoms with Gasteiger partial charge in [0.25, 0.3) is 0 Å². The summed E-state index contributed by atoms with van der Waals surface area (Å²) >= 11 is 0. The van der Waals surface area contributed by atoms with E-state index in [1.807, 2.05) is 7.11 Å². The normalized spacial score (nSPS) is 35.3. The zero-order chi connectivity index (χ0) is 9.10. The minimum atomic E-state index is 0.440. The van der Waals surface area contributed by atoms with E-state index in [9.17, 15) is 0 Å². The second-order valence-electron chi connectivity index (χ2n) is 4.03. The second-order valence-corrected chi connectivity index (χ2v) is 4.03. The van der Waals surface area contributed by atoms with E-state index in [4.69, 9.17) is 4.74 Å². The van der Waals surface area contributed by atoms with Crippen molar-refractivity contribution in [2.45, 2.75) is 38.2 Å². The van der Waals surface area contributed by atoms with Gasteiger partial charge in [-0.05, 0) is 44.2 Å². The van der Waals surface area contributed by atoms with Crippen LogP contribution in [0.5, 0.6) is 0 Å². The van der Waals surface area contributed by atoms with Gasteiger partial charge in [0.05, 0.1) is 6.10 Å². The van der Waals surface area contributed by atoms with Crippen molar-refractivity contribution in [2.75, 3.05) is 20.2 Å². The van der Waals surface area contributed by atoms with Crippen LogP contribution in [0.15, 0.2) is 11.1 Å². The Kier molecular flexibility index (Phi) is 3.01. The van der Waals surface area contributed by atoms with Crippen LogP contribution in [-0.4, -0.2) is 26.3 Å². The molecule has 2 fully saturated rings. The van der Waals surface area contributed by atoms with Gasteiger partial charge in [0.2, 0.25) is 0 Å². The van der Waals surface area contributed by atoms with Crippen LogP contribution in [0, 0.1) is 0 Å². The first kappa shape index (κ1) is 9.22. The van der Waals surface area contributed by atoms with Crippen molar-refractivity contribution in [3.8, 4) is 0 Å². The number of piperidine rings is 1. The molecule has 1 atom stereocenters. The Bertz CT molecular complexity index is 202. The molecule has 0 radical (unpaired) electrons. The maximum atomic E-state index is 5.49. The van der Waals surface area contributed by atoms with Crippen molar-refractivity contribution < 1.29 is 4.74 Å². The zero-order valence-electron chi connectivity index (χ0n) is 8.44. The van der Waals surface area contributed by atoms with Crippen molar-refractivity contribution in [2.24, 2.45) is 0 Å². The lowest BCUT2D eigenvalue weighted by Crippen LogP contribution is -2.26. The molecule has 1 unspecified atom stereocenters. The summed E-state index contributed by atoms with van der Waals surface area (Å²) in [5, 5.41) is 3.44. The van der Waals surface area contributed by atoms with Crippen molar-refractivity contribution >= 4 is 0 Å². The molecule has 1 N–H and O–H groups in total. The van der Waals surface area contributed by atoms with Gasteiger partial charge in [-0.3, -0.25) is 0 Å². The summed E-state index contributed by atoms with van der Waals surface area (Å²) in [5.74, 6) is 0. The third kappa shape index (κ3) is 1.94. The number of rotatable bonds is 1. The van der Waals surface area contributed by atoms with Gasteiger partial charge in [0.15, 0.2) is 0 Å². The predicted octanol–water partition coefficient (Wildman–Crippen LogP) is 1.87. The van der Waals surface area contributed by atoms with Crippen LogP contribution in [0.25, 0.3) is 0 Å². The summed E-state index contributed by atoms with van der Waals surface area (Å²) in [6, 6.07) is 0. The van der Waals surface area contributed by atoms with Crippen molar-refractivity contribution in [1.82, 2.24) is 5.32 Å². The summed E-state index contributed by atoms with van der Waals surface area (Å²) < 4.78 is 5.49. The average molecular weight is 181 g/mol. The standard InChI is InChI=1S/C11H19NO/c1-13-11-6-2-5-10(11)9-4-3-7-12-8-9/h11-12H,2-8H2,1H3/b10-9+. The first-order valence-corrected chi connectivity index (χ1v) is 5.36. The minimum Gasteiger partial charge on any atom is -0.377 e. The van der Waals surface area contributed by atoms with E-state index >= 15 is 0 Å². The molecule has 0 amide bonds. The van der Waals surface area contributed by atoms with E-state index in [-0.39, 0.29) is 0 Å². The Morgan fingerprint density at radius 2 is 2.23 bits per heavy atom. The van der Waals surface area contributed by atoms with Crippen molar-refractivity contribution in [1.29, 1.82) is 0 Å². The van der Waals surface area contributed by atoms with E-state index in [1.54, 1.807) is 11.1 Å². The van der Waals surface area contributed by atoms with Gasteiger partial charge in [-0.1, -0.05) is 5.57 Å². The number of nitrogens with one attached hydrogen (secondary N) is 1. The molecule has 0 bridgehead atoms. The summed E-state index contributed by atoms with van der Waals surface area (Å²) in [7, 11) is 1.84. The molecule has 1 aliphatic heterocycles. The smallest absolute Gasteiger partial charge is 0.0784 e. The molecule has 0 aromatic rings. The highest BCUT2D eigenvalue weighted by atomic mass is 16.5. The van der Waals surface area contributed by atoms with Crippen molar-refractivity contribution in [3.05, 3.63) is 11.1 Å². The highest BCUT2D eigenvalue weighted by Gasteiger charge is 2.24. The first-order valence-electron chi connectivity index (χ1n) is 5.36. The van der Waals surface area contributed by atoms with Gasteiger partial charge in [-0.2, -0.15) is 0 Å². The Hall–Kier alpha value is -0.340. The van der Waals surface area contributed by atoms with Crippen molar-refractivity contribution in [3.63, 3.8) is 0 Å². The lowest BCUT2D eigenvalue weighted by Gasteiger charge is -2.21. The Balaban J connectivity index is 2.10. The maximum absolute atomic E-state index is 5.49. The SMILES string of the molecule is COC1CCC/C1=C1/CCCNC1. The fourth-order valence-electron chi connectivity index (χ4n) is 2.51. The third-order valence-corrected chi connectivity index (χ3v) is 3.21. The third-order valence-electron chi connectivity index (χ3n) is 3.21. The van der Waals surface area contributed by atoms with Gasteiger partial charge >= 0.3 is 0 Å². The summed E-state index contributed by atoms with van der Waals surface area (Å²) in [6.07, 6.45) is 6.86. The number of hydrogen-bond donors (Lipinski definition) is 1. The second kappa shape index (κ2) is 4.25. The lowest BCUT2D eigenvalue weighted by molar-refractivity contribution is 0.135. The molecule has 74 valence electrons. The fourth-order valence-corrected chi connectivity index (χ4v) is 2.51. The molecule has 1 saturated carbocycles. The van der Waals surface area contributed by atoms with Gasteiger partial charge in [-0.25, -0.2) is 0 Å². The Labute approximate surface area is 80.4 Å². The average Bonchev–Trinajstić information content (AvgIpc) is 2.67. The van der Waals surface area contributed by atoms with Gasteiger partial charge < -0.3 is 10.1 Å². The molecule has 1 aliphatic carbocycles. The number of ether oxygens (including phenoxy) is 1.